The number of hydrogen-bond acceptors (Lipinski definition) is 4. The van der Waals surface area contributed by atoms with Crippen molar-refractivity contribution < 1.29 is 14.3 Å². The lowest BCUT2D eigenvalue weighted by atomic mass is 10.0. The van der Waals surface area contributed by atoms with Crippen molar-refractivity contribution >= 4 is 17.0 Å². The molecule has 1 aliphatic carbocycles. The van der Waals surface area contributed by atoms with Crippen LogP contribution in [0.1, 0.15) is 36.0 Å². The molecule has 6 heteroatoms. The average Bonchev–Trinajstić information content (AvgIpc) is 3.14. The van der Waals surface area contributed by atoms with E-state index in [1.54, 1.807) is 25.2 Å². The maximum Gasteiger partial charge on any atom is 0.419 e. The molecule has 0 spiro atoms. The van der Waals surface area contributed by atoms with Gasteiger partial charge in [0.15, 0.2) is 5.58 Å². The molecule has 0 aliphatic heterocycles. The van der Waals surface area contributed by atoms with Gasteiger partial charge in [-0.05, 0) is 30.9 Å². The zero-order valence-corrected chi connectivity index (χ0v) is 12.5. The molecule has 118 valence electrons. The number of oxazole rings is 1. The van der Waals surface area contributed by atoms with Crippen molar-refractivity contribution in [3.8, 4) is 0 Å². The van der Waals surface area contributed by atoms with Crippen molar-refractivity contribution in [3.63, 3.8) is 0 Å². The lowest BCUT2D eigenvalue weighted by Gasteiger charge is -2.18. The number of aliphatic hydroxyl groups is 1. The Morgan fingerprint density at radius 2 is 2.18 bits per heavy atom. The first-order valence-corrected chi connectivity index (χ1v) is 7.62. The molecule has 0 saturated heterocycles. The van der Waals surface area contributed by atoms with E-state index in [2.05, 4.69) is 5.32 Å². The molecule has 1 aromatic carbocycles. The second-order valence-electron chi connectivity index (χ2n) is 5.90. The van der Waals surface area contributed by atoms with Crippen molar-refractivity contribution in [2.75, 3.05) is 6.54 Å². The molecule has 1 heterocycles. The molecule has 1 atom stereocenters. The number of aliphatic hydroxyl groups excluding tert-OH is 1. The van der Waals surface area contributed by atoms with E-state index in [0.717, 1.165) is 25.7 Å². The van der Waals surface area contributed by atoms with Crippen LogP contribution in [0.2, 0.25) is 0 Å². The average molecular weight is 304 g/mol. The Hall–Kier alpha value is -2.08. The molecule has 2 N–H and O–H groups in total. The highest BCUT2D eigenvalue weighted by molar-refractivity contribution is 6.04. The van der Waals surface area contributed by atoms with E-state index in [0.29, 0.717) is 11.1 Å². The summed E-state index contributed by atoms with van der Waals surface area (Å²) in [5, 5.41) is 12.9. The fourth-order valence-corrected chi connectivity index (χ4v) is 3.13. The van der Waals surface area contributed by atoms with Crippen LogP contribution in [0.4, 0.5) is 0 Å². The summed E-state index contributed by atoms with van der Waals surface area (Å²) >= 11 is 0. The van der Waals surface area contributed by atoms with Crippen molar-refractivity contribution in [2.45, 2.75) is 31.8 Å². The van der Waals surface area contributed by atoms with Gasteiger partial charge in [-0.25, -0.2) is 4.79 Å². The Balaban J connectivity index is 1.75. The van der Waals surface area contributed by atoms with Gasteiger partial charge in [0.05, 0.1) is 17.2 Å². The molecule has 6 nitrogen and oxygen atoms in total. The number of para-hydroxylation sites is 1. The van der Waals surface area contributed by atoms with Gasteiger partial charge in [-0.2, -0.15) is 0 Å². The summed E-state index contributed by atoms with van der Waals surface area (Å²) in [6.45, 7) is 0.219. The first-order chi connectivity index (χ1) is 10.6. The zero-order valence-electron chi connectivity index (χ0n) is 12.5. The summed E-state index contributed by atoms with van der Waals surface area (Å²) in [6.07, 6.45) is 3.79. The van der Waals surface area contributed by atoms with Gasteiger partial charge in [-0.1, -0.05) is 18.9 Å². The number of amides is 1. The molecule has 0 radical (unpaired) electrons. The molecule has 2 aromatic rings. The second kappa shape index (κ2) is 5.96. The van der Waals surface area contributed by atoms with Gasteiger partial charge in [-0.15, -0.1) is 0 Å². The quantitative estimate of drug-likeness (QED) is 0.894. The smallest absolute Gasteiger partial charge is 0.407 e. The van der Waals surface area contributed by atoms with E-state index in [1.165, 1.54) is 4.57 Å². The van der Waals surface area contributed by atoms with Crippen LogP contribution >= 0.6 is 0 Å². The normalized spacial score (nSPS) is 17.0. The third kappa shape index (κ3) is 2.66. The number of nitrogens with one attached hydrogen (secondary N) is 1. The number of rotatable bonds is 4. The number of carbonyl (C=O) groups is 1. The molecule has 22 heavy (non-hydrogen) atoms. The summed E-state index contributed by atoms with van der Waals surface area (Å²) in [5.41, 5.74) is 1.17. The number of aryl methyl sites for hydroxylation is 1. The molecular weight excluding hydrogens is 284 g/mol. The standard InChI is InChI=1S/C16H20N2O4/c1-18-12-8-4-7-11(14(12)22-16(18)21)15(20)17-9-13(19)10-5-2-3-6-10/h4,7-8,10,13,19H,2-3,5-6,9H2,1H3,(H,17,20). The topological polar surface area (TPSA) is 84.5 Å². The van der Waals surface area contributed by atoms with Gasteiger partial charge in [0.2, 0.25) is 0 Å². The summed E-state index contributed by atoms with van der Waals surface area (Å²) in [4.78, 5) is 23.9. The lowest BCUT2D eigenvalue weighted by Crippen LogP contribution is -2.35. The van der Waals surface area contributed by atoms with Gasteiger partial charge < -0.3 is 14.8 Å². The van der Waals surface area contributed by atoms with Gasteiger partial charge in [0.25, 0.3) is 5.91 Å². The van der Waals surface area contributed by atoms with Gasteiger partial charge in [0, 0.05) is 13.6 Å². The minimum absolute atomic E-state index is 0.219. The highest BCUT2D eigenvalue weighted by atomic mass is 16.4. The van der Waals surface area contributed by atoms with Gasteiger partial charge in [0.1, 0.15) is 0 Å². The van der Waals surface area contributed by atoms with E-state index >= 15 is 0 Å². The monoisotopic (exact) mass is 304 g/mol. The fourth-order valence-electron chi connectivity index (χ4n) is 3.13. The summed E-state index contributed by atoms with van der Waals surface area (Å²) in [5.74, 6) is -0.566. The van der Waals surface area contributed by atoms with E-state index in [-0.39, 0.29) is 24.0 Å². The maximum absolute atomic E-state index is 12.3. The number of carbonyl (C=O) groups excluding carboxylic acids is 1. The van der Waals surface area contributed by atoms with E-state index in [1.807, 2.05) is 0 Å². The third-order valence-corrected chi connectivity index (χ3v) is 4.48. The largest absolute Gasteiger partial charge is 0.419 e. The predicted octanol–water partition coefficient (Wildman–Crippen LogP) is 1.41. The first kappa shape index (κ1) is 14.8. The minimum atomic E-state index is -0.520. The summed E-state index contributed by atoms with van der Waals surface area (Å²) in [6, 6.07) is 5.05. The van der Waals surface area contributed by atoms with Crippen molar-refractivity contribution in [2.24, 2.45) is 13.0 Å². The summed E-state index contributed by atoms with van der Waals surface area (Å²) < 4.78 is 6.50. The zero-order chi connectivity index (χ0) is 15.7. The first-order valence-electron chi connectivity index (χ1n) is 7.62. The second-order valence-corrected chi connectivity index (χ2v) is 5.90. The van der Waals surface area contributed by atoms with Gasteiger partial charge >= 0.3 is 5.76 Å². The Labute approximate surface area is 127 Å². The molecule has 1 aliphatic rings. The van der Waals surface area contributed by atoms with Crippen LogP contribution in [0.15, 0.2) is 27.4 Å². The van der Waals surface area contributed by atoms with Crippen LogP contribution in [0.5, 0.6) is 0 Å². The van der Waals surface area contributed by atoms with Crippen LogP contribution in [-0.2, 0) is 7.05 Å². The van der Waals surface area contributed by atoms with Crippen LogP contribution in [-0.4, -0.2) is 28.2 Å². The minimum Gasteiger partial charge on any atom is -0.407 e. The Morgan fingerprint density at radius 1 is 1.45 bits per heavy atom. The van der Waals surface area contributed by atoms with Gasteiger partial charge in [-0.3, -0.25) is 9.36 Å². The van der Waals surface area contributed by atoms with Crippen molar-refractivity contribution in [3.05, 3.63) is 34.3 Å². The van der Waals surface area contributed by atoms with Crippen LogP contribution < -0.4 is 11.1 Å². The van der Waals surface area contributed by atoms with E-state index in [4.69, 9.17) is 4.42 Å². The maximum atomic E-state index is 12.3. The Bertz CT molecular complexity index is 740. The molecule has 1 amide bonds. The van der Waals surface area contributed by atoms with Crippen LogP contribution in [0.25, 0.3) is 11.1 Å². The summed E-state index contributed by atoms with van der Waals surface area (Å²) in [7, 11) is 1.60. The Morgan fingerprint density at radius 3 is 2.91 bits per heavy atom. The molecule has 1 aromatic heterocycles. The molecular formula is C16H20N2O4. The Kier molecular flexibility index (Phi) is 4.02. The van der Waals surface area contributed by atoms with Crippen LogP contribution in [0, 0.1) is 5.92 Å². The SMILES string of the molecule is Cn1c(=O)oc2c(C(=O)NCC(O)C3CCCC3)cccc21. The van der Waals surface area contributed by atoms with E-state index < -0.39 is 11.9 Å². The van der Waals surface area contributed by atoms with E-state index in [9.17, 15) is 14.7 Å². The number of aromatic nitrogens is 1. The third-order valence-electron chi connectivity index (χ3n) is 4.48. The molecule has 1 fully saturated rings. The van der Waals surface area contributed by atoms with Crippen molar-refractivity contribution in [1.82, 2.24) is 9.88 Å². The highest BCUT2D eigenvalue weighted by Gasteiger charge is 2.24. The molecule has 3 rings (SSSR count). The number of benzene rings is 1. The fraction of sp³-hybridized carbons (Fsp3) is 0.500. The van der Waals surface area contributed by atoms with Crippen molar-refractivity contribution in [1.29, 1.82) is 0 Å². The van der Waals surface area contributed by atoms with Crippen LogP contribution in [0.3, 0.4) is 0 Å². The number of fused-ring (bicyclic) bond motifs is 1. The lowest BCUT2D eigenvalue weighted by molar-refractivity contribution is 0.0841. The highest BCUT2D eigenvalue weighted by Crippen LogP contribution is 2.27. The number of hydrogen-bond donors (Lipinski definition) is 2. The number of nitrogens with zero attached hydrogens (tertiary/aromatic N) is 1. The predicted molar refractivity (Wildman–Crippen MR) is 81.8 cm³/mol. The molecule has 1 saturated carbocycles. The molecule has 0 bridgehead atoms. The molecule has 1 unspecified atom stereocenters.